The van der Waals surface area contributed by atoms with Gasteiger partial charge in [-0.25, -0.2) is 5.01 Å². The van der Waals surface area contributed by atoms with E-state index in [9.17, 15) is 4.79 Å². The summed E-state index contributed by atoms with van der Waals surface area (Å²) in [5.74, 6) is 0.0757. The summed E-state index contributed by atoms with van der Waals surface area (Å²) in [6.07, 6.45) is 1.30. The maximum absolute atomic E-state index is 11.6. The molecule has 0 atom stereocenters. The molecule has 1 heterocycles. The summed E-state index contributed by atoms with van der Waals surface area (Å²) in [4.78, 5) is 11.6. The molecule has 0 fully saturated rings. The van der Waals surface area contributed by atoms with Crippen LogP contribution in [0.2, 0.25) is 5.02 Å². The zero-order valence-electron chi connectivity index (χ0n) is 9.11. The Morgan fingerprint density at radius 1 is 1.38 bits per heavy atom. The van der Waals surface area contributed by atoms with E-state index in [2.05, 4.69) is 5.10 Å². The molecule has 1 amide bonds. The van der Waals surface area contributed by atoms with Crippen molar-refractivity contribution >= 4 is 23.2 Å². The van der Waals surface area contributed by atoms with Gasteiger partial charge in [0.25, 0.3) is 0 Å². The van der Waals surface area contributed by atoms with Crippen LogP contribution in [0.4, 0.5) is 0 Å². The van der Waals surface area contributed by atoms with Crippen LogP contribution in [0.5, 0.6) is 0 Å². The Bertz CT molecular complexity index is 425. The molecule has 0 aliphatic carbocycles. The largest absolute Gasteiger partial charge is 0.273 e. The topological polar surface area (TPSA) is 32.7 Å². The van der Waals surface area contributed by atoms with E-state index < -0.39 is 0 Å². The Morgan fingerprint density at radius 3 is 2.62 bits per heavy atom. The lowest BCUT2D eigenvalue weighted by Crippen LogP contribution is -2.19. The predicted octanol–water partition coefficient (Wildman–Crippen LogP) is 2.84. The second kappa shape index (κ2) is 4.66. The Morgan fingerprint density at radius 2 is 2.06 bits per heavy atom. The van der Waals surface area contributed by atoms with Gasteiger partial charge in [-0.15, -0.1) is 0 Å². The van der Waals surface area contributed by atoms with Gasteiger partial charge in [-0.3, -0.25) is 4.79 Å². The normalized spacial score (nSPS) is 15.5. The van der Waals surface area contributed by atoms with Gasteiger partial charge in [0.05, 0.1) is 13.0 Å². The van der Waals surface area contributed by atoms with Crippen molar-refractivity contribution < 1.29 is 4.79 Å². The highest BCUT2D eigenvalue weighted by Gasteiger charge is 2.22. The Balaban J connectivity index is 2.07. The molecular weight excluding hydrogens is 224 g/mol. The van der Waals surface area contributed by atoms with E-state index in [1.165, 1.54) is 5.01 Å². The lowest BCUT2D eigenvalue weighted by atomic mass is 10.2. The molecule has 1 aromatic carbocycles. The molecule has 0 radical (unpaired) electrons. The third kappa shape index (κ3) is 2.42. The molecule has 1 aromatic rings. The first-order valence-corrected chi connectivity index (χ1v) is 5.68. The Labute approximate surface area is 99.7 Å². The van der Waals surface area contributed by atoms with Crippen LogP contribution in [0.1, 0.15) is 25.3 Å². The molecule has 16 heavy (non-hydrogen) atoms. The monoisotopic (exact) mass is 236 g/mol. The van der Waals surface area contributed by atoms with Gasteiger partial charge in [0, 0.05) is 10.7 Å². The van der Waals surface area contributed by atoms with Gasteiger partial charge in [0.2, 0.25) is 5.91 Å². The number of carbonyl (C=O) groups excluding carboxylic acids is 1. The average molecular weight is 237 g/mol. The molecule has 4 heteroatoms. The predicted molar refractivity (Wildman–Crippen MR) is 64.3 cm³/mol. The number of rotatable bonds is 3. The minimum Gasteiger partial charge on any atom is -0.273 e. The highest BCUT2D eigenvalue weighted by atomic mass is 35.5. The van der Waals surface area contributed by atoms with Crippen LogP contribution in [0.25, 0.3) is 0 Å². The van der Waals surface area contributed by atoms with Crippen molar-refractivity contribution in [3.63, 3.8) is 0 Å². The van der Waals surface area contributed by atoms with Gasteiger partial charge in [-0.05, 0) is 24.1 Å². The van der Waals surface area contributed by atoms with Crippen molar-refractivity contribution in [2.45, 2.75) is 26.3 Å². The molecule has 0 aromatic heterocycles. The fraction of sp³-hybridized carbons (Fsp3) is 0.333. The Hall–Kier alpha value is -1.35. The van der Waals surface area contributed by atoms with Crippen LogP contribution in [-0.2, 0) is 11.3 Å². The van der Waals surface area contributed by atoms with Crippen LogP contribution in [0.15, 0.2) is 29.4 Å². The van der Waals surface area contributed by atoms with Crippen molar-refractivity contribution in [1.29, 1.82) is 0 Å². The maximum atomic E-state index is 11.6. The van der Waals surface area contributed by atoms with Crippen molar-refractivity contribution in [1.82, 2.24) is 5.01 Å². The minimum absolute atomic E-state index is 0.0757. The molecule has 0 spiro atoms. The van der Waals surface area contributed by atoms with Crippen LogP contribution in [0.3, 0.4) is 0 Å². The lowest BCUT2D eigenvalue weighted by molar-refractivity contribution is -0.129. The quantitative estimate of drug-likeness (QED) is 0.794. The first kappa shape index (κ1) is 11.1. The van der Waals surface area contributed by atoms with Gasteiger partial charge in [0.15, 0.2) is 0 Å². The van der Waals surface area contributed by atoms with Gasteiger partial charge >= 0.3 is 0 Å². The van der Waals surface area contributed by atoms with E-state index in [-0.39, 0.29) is 5.91 Å². The zero-order valence-corrected chi connectivity index (χ0v) is 9.87. The molecule has 3 nitrogen and oxygen atoms in total. The van der Waals surface area contributed by atoms with Gasteiger partial charge in [-0.2, -0.15) is 5.10 Å². The van der Waals surface area contributed by atoms with E-state index in [4.69, 9.17) is 11.6 Å². The molecular formula is C12H13ClN2O. The minimum atomic E-state index is 0.0757. The number of carbonyl (C=O) groups is 1. The molecule has 0 unspecified atom stereocenters. The van der Waals surface area contributed by atoms with Gasteiger partial charge in [-0.1, -0.05) is 30.7 Å². The van der Waals surface area contributed by atoms with Crippen LogP contribution in [-0.4, -0.2) is 16.6 Å². The van der Waals surface area contributed by atoms with Gasteiger partial charge < -0.3 is 0 Å². The maximum Gasteiger partial charge on any atom is 0.248 e. The summed E-state index contributed by atoms with van der Waals surface area (Å²) in [6.45, 7) is 2.54. The van der Waals surface area contributed by atoms with Crippen molar-refractivity contribution in [3.05, 3.63) is 34.9 Å². The Kier molecular flexibility index (Phi) is 3.25. The average Bonchev–Trinajstić information content (AvgIpc) is 2.63. The van der Waals surface area contributed by atoms with E-state index in [1.54, 1.807) is 0 Å². The summed E-state index contributed by atoms with van der Waals surface area (Å²) >= 11 is 5.79. The summed E-state index contributed by atoms with van der Waals surface area (Å²) in [5.41, 5.74) is 2.00. The molecule has 0 N–H and O–H groups in total. The third-order valence-corrected chi connectivity index (χ3v) is 2.81. The number of nitrogens with zero attached hydrogens (tertiary/aromatic N) is 2. The fourth-order valence-corrected chi connectivity index (χ4v) is 1.74. The van der Waals surface area contributed by atoms with E-state index in [0.717, 1.165) is 17.7 Å². The van der Waals surface area contributed by atoms with E-state index in [0.29, 0.717) is 18.0 Å². The number of hydrazone groups is 1. The van der Waals surface area contributed by atoms with E-state index in [1.807, 2.05) is 31.2 Å². The highest BCUT2D eigenvalue weighted by Crippen LogP contribution is 2.16. The van der Waals surface area contributed by atoms with Crippen molar-refractivity contribution in [2.24, 2.45) is 5.10 Å². The van der Waals surface area contributed by atoms with E-state index >= 15 is 0 Å². The van der Waals surface area contributed by atoms with Crippen molar-refractivity contribution in [3.8, 4) is 0 Å². The highest BCUT2D eigenvalue weighted by molar-refractivity contribution is 6.30. The molecule has 84 valence electrons. The lowest BCUT2D eigenvalue weighted by Gasteiger charge is -2.11. The zero-order chi connectivity index (χ0) is 11.5. The molecule has 1 aliphatic rings. The molecule has 0 saturated heterocycles. The SMILES string of the molecule is CCC1=NN(Cc2ccc(Cl)cc2)C(=O)C1. The second-order valence-electron chi connectivity index (χ2n) is 3.77. The third-order valence-electron chi connectivity index (χ3n) is 2.56. The summed E-state index contributed by atoms with van der Waals surface area (Å²) in [7, 11) is 0. The molecule has 0 bridgehead atoms. The van der Waals surface area contributed by atoms with Crippen LogP contribution < -0.4 is 0 Å². The van der Waals surface area contributed by atoms with Crippen LogP contribution in [0, 0.1) is 0 Å². The van der Waals surface area contributed by atoms with Gasteiger partial charge in [0.1, 0.15) is 0 Å². The first-order chi connectivity index (χ1) is 7.69. The van der Waals surface area contributed by atoms with Crippen LogP contribution >= 0.6 is 11.6 Å². The molecule has 0 saturated carbocycles. The van der Waals surface area contributed by atoms with Crippen molar-refractivity contribution in [2.75, 3.05) is 0 Å². The number of amides is 1. The fourth-order valence-electron chi connectivity index (χ4n) is 1.61. The first-order valence-electron chi connectivity index (χ1n) is 5.30. The summed E-state index contributed by atoms with van der Waals surface area (Å²) in [6, 6.07) is 7.47. The number of hydrogen-bond acceptors (Lipinski definition) is 2. The standard InChI is InChI=1S/C12H13ClN2O/c1-2-11-7-12(16)15(14-11)8-9-3-5-10(13)6-4-9/h3-6H,2,7-8H2,1H3. The number of hydrogen-bond donors (Lipinski definition) is 0. The smallest absolute Gasteiger partial charge is 0.248 e. The second-order valence-corrected chi connectivity index (χ2v) is 4.21. The summed E-state index contributed by atoms with van der Waals surface area (Å²) in [5, 5.41) is 6.51. The summed E-state index contributed by atoms with van der Waals surface area (Å²) < 4.78 is 0. The molecule has 2 rings (SSSR count). The number of halogens is 1. The molecule has 1 aliphatic heterocycles. The number of benzene rings is 1.